The van der Waals surface area contributed by atoms with Gasteiger partial charge in [0.25, 0.3) is 0 Å². The van der Waals surface area contributed by atoms with Crippen LogP contribution in [0.4, 0.5) is 5.69 Å². The molecular weight excluding hydrogens is 520 g/mol. The van der Waals surface area contributed by atoms with Crippen molar-refractivity contribution >= 4 is 35.8 Å². The Morgan fingerprint density at radius 1 is 1.03 bits per heavy atom. The van der Waals surface area contributed by atoms with Gasteiger partial charge in [-0.3, -0.25) is 4.72 Å². The number of nitrogens with two attached hydrogens (primary N) is 1. The predicted octanol–water partition coefficient (Wildman–Crippen LogP) is -0.807. The smallest absolute Gasteiger partial charge is 0.242 e. The molecule has 0 bridgehead atoms. The zero-order chi connectivity index (χ0) is 25.4. The largest absolute Gasteiger partial charge is 0.315 e. The van der Waals surface area contributed by atoms with E-state index in [-0.39, 0.29) is 22.6 Å². The minimum absolute atomic E-state index is 0.169. The average molecular weight is 543 g/mol. The number of nitrogens with one attached hydrogen (secondary N) is 4. The molecule has 1 saturated heterocycles. The predicted molar refractivity (Wildman–Crippen MR) is 126 cm³/mol. The van der Waals surface area contributed by atoms with Crippen LogP contribution in [0.25, 0.3) is 22.5 Å². The van der Waals surface area contributed by atoms with Gasteiger partial charge in [0.15, 0.2) is 0 Å². The van der Waals surface area contributed by atoms with Crippen molar-refractivity contribution in [2.45, 2.75) is 22.3 Å². The maximum atomic E-state index is 13.2. The summed E-state index contributed by atoms with van der Waals surface area (Å²) < 4.78 is 79.8. The van der Waals surface area contributed by atoms with E-state index in [1.807, 2.05) is 0 Å². The Labute approximate surface area is 201 Å². The summed E-state index contributed by atoms with van der Waals surface area (Å²) in [6, 6.07) is 8.11. The number of benzene rings is 2. The number of H-pyrrole nitrogens is 1. The first-order valence-electron chi connectivity index (χ1n) is 10.1. The highest BCUT2D eigenvalue weighted by Crippen LogP contribution is 2.39. The second kappa shape index (κ2) is 9.25. The number of tetrazole rings is 1. The lowest BCUT2D eigenvalue weighted by Crippen LogP contribution is -2.37. The van der Waals surface area contributed by atoms with E-state index in [1.54, 1.807) is 0 Å². The normalized spacial score (nSPS) is 16.9. The van der Waals surface area contributed by atoms with E-state index in [4.69, 9.17) is 5.14 Å². The van der Waals surface area contributed by atoms with Crippen LogP contribution >= 0.6 is 0 Å². The first-order valence-corrected chi connectivity index (χ1v) is 15.0. The fourth-order valence-electron chi connectivity index (χ4n) is 3.76. The van der Waals surface area contributed by atoms with Crippen LogP contribution in [-0.4, -0.2) is 71.3 Å². The van der Waals surface area contributed by atoms with Gasteiger partial charge in [0.05, 0.1) is 11.8 Å². The van der Waals surface area contributed by atoms with Crippen LogP contribution in [-0.2, 0) is 30.1 Å². The maximum Gasteiger partial charge on any atom is 0.242 e. The number of aromatic amines is 1. The minimum Gasteiger partial charge on any atom is -0.315 e. The molecule has 1 fully saturated rings. The zero-order valence-corrected chi connectivity index (χ0v) is 20.7. The summed E-state index contributed by atoms with van der Waals surface area (Å²) in [5, 5.41) is 21.9. The highest BCUT2D eigenvalue weighted by Gasteiger charge is 2.33. The van der Waals surface area contributed by atoms with Gasteiger partial charge >= 0.3 is 0 Å². The van der Waals surface area contributed by atoms with Crippen LogP contribution in [0.2, 0.25) is 0 Å². The van der Waals surface area contributed by atoms with E-state index >= 15 is 0 Å². The molecule has 1 aromatic heterocycles. The summed E-state index contributed by atoms with van der Waals surface area (Å²) >= 11 is 0. The molecule has 1 atom stereocenters. The molecule has 0 unspecified atom stereocenters. The topological polar surface area (TPSA) is 219 Å². The summed E-state index contributed by atoms with van der Waals surface area (Å²) in [7, 11) is -12.4. The molecule has 0 aliphatic carbocycles. The van der Waals surface area contributed by atoms with Gasteiger partial charge in [0.2, 0.25) is 35.9 Å². The highest BCUT2D eigenvalue weighted by atomic mass is 32.2. The molecule has 0 radical (unpaired) electrons. The van der Waals surface area contributed by atoms with Gasteiger partial charge in [-0.25, -0.2) is 35.1 Å². The summed E-state index contributed by atoms with van der Waals surface area (Å²) in [6.45, 7) is 1.01. The van der Waals surface area contributed by atoms with Crippen molar-refractivity contribution in [1.29, 1.82) is 0 Å². The molecule has 6 N–H and O–H groups in total. The number of aromatic nitrogens is 4. The van der Waals surface area contributed by atoms with Crippen LogP contribution in [0.3, 0.4) is 0 Å². The van der Waals surface area contributed by atoms with E-state index in [2.05, 4.69) is 35.4 Å². The molecule has 2 aromatic carbocycles. The highest BCUT2D eigenvalue weighted by molar-refractivity contribution is 7.92. The number of anilines is 1. The van der Waals surface area contributed by atoms with E-state index in [1.165, 1.54) is 30.3 Å². The molecule has 0 amide bonds. The van der Waals surface area contributed by atoms with E-state index in [9.17, 15) is 25.3 Å². The summed E-state index contributed by atoms with van der Waals surface area (Å²) in [5.41, 5.74) is 0.767. The maximum absolute atomic E-state index is 13.2. The second-order valence-electron chi connectivity index (χ2n) is 7.86. The van der Waals surface area contributed by atoms with Gasteiger partial charge < -0.3 is 5.32 Å². The van der Waals surface area contributed by atoms with Crippen molar-refractivity contribution in [3.8, 4) is 22.5 Å². The number of primary sulfonamides is 1. The molecule has 0 saturated carbocycles. The van der Waals surface area contributed by atoms with Crippen molar-refractivity contribution in [1.82, 2.24) is 30.7 Å². The fourth-order valence-corrected chi connectivity index (χ4v) is 7.19. The van der Waals surface area contributed by atoms with E-state index in [0.29, 0.717) is 25.1 Å². The number of nitrogens with zero attached hydrogens (tertiary/aromatic N) is 3. The third-order valence-electron chi connectivity index (χ3n) is 5.15. The molecule has 35 heavy (non-hydrogen) atoms. The Bertz CT molecular complexity index is 1550. The molecule has 2 heterocycles. The Hall–Kier alpha value is -2.96. The lowest BCUT2D eigenvalue weighted by atomic mass is 9.99. The van der Waals surface area contributed by atoms with Gasteiger partial charge in [0, 0.05) is 18.3 Å². The van der Waals surface area contributed by atoms with E-state index < -0.39 is 45.9 Å². The monoisotopic (exact) mass is 542 g/mol. The van der Waals surface area contributed by atoms with Gasteiger partial charge in [-0.15, -0.1) is 10.2 Å². The quantitative estimate of drug-likeness (QED) is 0.238. The number of sulfonamides is 3. The molecule has 17 heteroatoms. The fraction of sp³-hybridized carbons (Fsp3) is 0.278. The molecule has 4 rings (SSSR count). The van der Waals surface area contributed by atoms with Crippen molar-refractivity contribution in [3.05, 3.63) is 36.4 Å². The average Bonchev–Trinajstić information content (AvgIpc) is 3.45. The van der Waals surface area contributed by atoms with Gasteiger partial charge in [-0.05, 0) is 47.5 Å². The molecule has 14 nitrogen and oxygen atoms in total. The number of rotatable bonds is 8. The Morgan fingerprint density at radius 2 is 1.74 bits per heavy atom. The Kier molecular flexibility index (Phi) is 6.64. The Morgan fingerprint density at radius 3 is 2.29 bits per heavy atom. The minimum atomic E-state index is -4.62. The van der Waals surface area contributed by atoms with Gasteiger partial charge in [0.1, 0.15) is 9.79 Å². The number of hydrogen-bond acceptors (Lipinski definition) is 10. The first kappa shape index (κ1) is 25.1. The van der Waals surface area contributed by atoms with Crippen LogP contribution in [0.1, 0.15) is 6.42 Å². The SMILES string of the molecule is CS(=O)(=O)Nc1ccc(-c2ccc(S(=O)(=O)N[C@@H]3CCNC3)c(S(N)(=O)=O)c2-c2nn[nH]n2)cc1. The van der Waals surface area contributed by atoms with E-state index in [0.717, 1.165) is 12.3 Å². The molecule has 188 valence electrons. The van der Waals surface area contributed by atoms with Gasteiger partial charge in [-0.1, -0.05) is 18.2 Å². The van der Waals surface area contributed by atoms with Crippen LogP contribution < -0.4 is 19.9 Å². The van der Waals surface area contributed by atoms with Crippen LogP contribution in [0.15, 0.2) is 46.2 Å². The lowest BCUT2D eigenvalue weighted by molar-refractivity contribution is 0.555. The van der Waals surface area contributed by atoms with Crippen molar-refractivity contribution < 1.29 is 25.3 Å². The third-order valence-corrected chi connectivity index (χ3v) is 8.44. The van der Waals surface area contributed by atoms with Crippen LogP contribution in [0.5, 0.6) is 0 Å². The summed E-state index contributed by atoms with van der Waals surface area (Å²) in [4.78, 5) is -1.24. The standard InChI is InChI=1S/C18H22N8O6S3/c1-33(27,28)23-12-4-2-11(3-5-12)14-6-7-15(35(31,32)24-13-8-9-20-10-13)17(34(19,29)30)16(14)18-21-25-26-22-18/h2-7,13,20,23-24H,8-10H2,1H3,(H2,19,29,30)(H,21,22,25,26)/t13-/m1/s1. The van der Waals surface area contributed by atoms with Crippen molar-refractivity contribution in [2.24, 2.45) is 5.14 Å². The first-order chi connectivity index (χ1) is 16.4. The number of hydrogen-bond donors (Lipinski definition) is 5. The molecule has 1 aliphatic heterocycles. The Balaban J connectivity index is 1.92. The molecular formula is C18H22N8O6S3. The van der Waals surface area contributed by atoms with Gasteiger partial charge in [-0.2, -0.15) is 5.21 Å². The zero-order valence-electron chi connectivity index (χ0n) is 18.3. The summed E-state index contributed by atoms with van der Waals surface area (Å²) in [6.07, 6.45) is 1.54. The van der Waals surface area contributed by atoms with Crippen molar-refractivity contribution in [3.63, 3.8) is 0 Å². The summed E-state index contributed by atoms with van der Waals surface area (Å²) in [5.74, 6) is -0.193. The molecule has 0 spiro atoms. The second-order valence-corrected chi connectivity index (χ2v) is 12.8. The molecule has 1 aliphatic rings. The van der Waals surface area contributed by atoms with Crippen LogP contribution in [0, 0.1) is 0 Å². The lowest BCUT2D eigenvalue weighted by Gasteiger charge is -2.18. The third kappa shape index (κ3) is 5.65. The van der Waals surface area contributed by atoms with Crippen molar-refractivity contribution in [2.75, 3.05) is 24.1 Å². The molecule has 3 aromatic rings.